The molecule has 1 fully saturated rings. The molecule has 2 heterocycles. The largest absolute Gasteiger partial charge is 0.342 e. The number of carbonyl (C=O) groups excluding carboxylic acids is 1. The smallest absolute Gasteiger partial charge is 0.227 e. The Morgan fingerprint density at radius 3 is 2.28 bits per heavy atom. The first-order valence-electron chi connectivity index (χ1n) is 6.68. The second-order valence-corrected chi connectivity index (χ2v) is 6.10. The number of aromatic nitrogens is 1. The lowest BCUT2D eigenvalue weighted by Gasteiger charge is -2.35. The minimum Gasteiger partial charge on any atom is -0.342 e. The first-order chi connectivity index (χ1) is 8.48. The van der Waals surface area contributed by atoms with Crippen LogP contribution < -0.4 is 0 Å². The molecule has 1 saturated heterocycles. The number of amides is 1. The van der Waals surface area contributed by atoms with Crippen molar-refractivity contribution in [3.05, 3.63) is 30.1 Å². The fourth-order valence-corrected chi connectivity index (χ4v) is 2.53. The van der Waals surface area contributed by atoms with Crippen LogP contribution in [-0.2, 0) is 4.79 Å². The van der Waals surface area contributed by atoms with Crippen LogP contribution >= 0.6 is 0 Å². The molecule has 0 N–H and O–H groups in total. The van der Waals surface area contributed by atoms with Gasteiger partial charge in [-0.15, -0.1) is 0 Å². The summed E-state index contributed by atoms with van der Waals surface area (Å²) in [4.78, 5) is 18.2. The van der Waals surface area contributed by atoms with E-state index in [9.17, 15) is 4.79 Å². The number of rotatable bonds is 1. The van der Waals surface area contributed by atoms with E-state index in [1.54, 1.807) is 0 Å². The van der Waals surface area contributed by atoms with Crippen molar-refractivity contribution in [2.24, 2.45) is 5.41 Å². The van der Waals surface area contributed by atoms with Crippen LogP contribution in [0.3, 0.4) is 0 Å². The molecule has 1 amide bonds. The van der Waals surface area contributed by atoms with E-state index >= 15 is 0 Å². The fourth-order valence-electron chi connectivity index (χ4n) is 2.53. The fraction of sp³-hybridized carbons (Fsp3) is 0.600. The maximum Gasteiger partial charge on any atom is 0.227 e. The van der Waals surface area contributed by atoms with Gasteiger partial charge < -0.3 is 4.90 Å². The van der Waals surface area contributed by atoms with E-state index in [4.69, 9.17) is 0 Å². The zero-order chi connectivity index (χ0) is 13.2. The molecule has 0 spiro atoms. The normalized spacial score (nSPS) is 17.8. The van der Waals surface area contributed by atoms with Gasteiger partial charge in [0.2, 0.25) is 5.91 Å². The minimum atomic E-state index is -0.260. The highest BCUT2D eigenvalue weighted by Crippen LogP contribution is 2.29. The predicted molar refractivity (Wildman–Crippen MR) is 72.2 cm³/mol. The summed E-state index contributed by atoms with van der Waals surface area (Å²) in [5.41, 5.74) is 1.09. The molecular formula is C15H22N2O. The van der Waals surface area contributed by atoms with Gasteiger partial charge in [-0.1, -0.05) is 20.8 Å². The summed E-state index contributed by atoms with van der Waals surface area (Å²) in [6.45, 7) is 7.73. The van der Waals surface area contributed by atoms with E-state index in [0.717, 1.165) is 25.9 Å². The first kappa shape index (κ1) is 13.1. The number of nitrogens with zero attached hydrogens (tertiary/aromatic N) is 2. The average Bonchev–Trinajstić information content (AvgIpc) is 2.38. The third-order valence-electron chi connectivity index (χ3n) is 3.60. The van der Waals surface area contributed by atoms with Gasteiger partial charge in [0, 0.05) is 30.9 Å². The highest BCUT2D eigenvalue weighted by atomic mass is 16.2. The van der Waals surface area contributed by atoms with Crippen molar-refractivity contribution in [2.75, 3.05) is 13.1 Å². The van der Waals surface area contributed by atoms with Crippen molar-refractivity contribution >= 4 is 5.91 Å². The second kappa shape index (κ2) is 5.09. The number of hydrogen-bond acceptors (Lipinski definition) is 2. The summed E-state index contributed by atoms with van der Waals surface area (Å²) in [5.74, 6) is 0.854. The van der Waals surface area contributed by atoms with Gasteiger partial charge in [0.15, 0.2) is 0 Å². The highest BCUT2D eigenvalue weighted by Gasteiger charge is 2.30. The van der Waals surface area contributed by atoms with Crippen LogP contribution in [0.25, 0.3) is 0 Å². The van der Waals surface area contributed by atoms with Crippen molar-refractivity contribution in [3.8, 4) is 0 Å². The van der Waals surface area contributed by atoms with Gasteiger partial charge >= 0.3 is 0 Å². The third kappa shape index (κ3) is 2.89. The number of hydrogen-bond donors (Lipinski definition) is 0. The second-order valence-electron chi connectivity index (χ2n) is 6.10. The lowest BCUT2D eigenvalue weighted by molar-refractivity contribution is -0.140. The maximum absolute atomic E-state index is 12.2. The van der Waals surface area contributed by atoms with E-state index in [1.165, 1.54) is 5.56 Å². The number of piperidine rings is 1. The van der Waals surface area contributed by atoms with Crippen molar-refractivity contribution in [1.82, 2.24) is 9.88 Å². The van der Waals surface area contributed by atoms with Gasteiger partial charge in [0.1, 0.15) is 0 Å². The summed E-state index contributed by atoms with van der Waals surface area (Å²) >= 11 is 0. The van der Waals surface area contributed by atoms with E-state index in [-0.39, 0.29) is 11.3 Å². The van der Waals surface area contributed by atoms with E-state index in [0.29, 0.717) is 5.92 Å². The molecule has 2 rings (SSSR count). The molecular weight excluding hydrogens is 224 g/mol. The van der Waals surface area contributed by atoms with Gasteiger partial charge in [-0.2, -0.15) is 0 Å². The van der Waals surface area contributed by atoms with Gasteiger partial charge in [0.05, 0.1) is 0 Å². The monoisotopic (exact) mass is 246 g/mol. The highest BCUT2D eigenvalue weighted by molar-refractivity contribution is 5.81. The van der Waals surface area contributed by atoms with Gasteiger partial charge in [-0.25, -0.2) is 0 Å². The summed E-state index contributed by atoms with van der Waals surface area (Å²) in [7, 11) is 0. The van der Waals surface area contributed by atoms with Crippen molar-refractivity contribution in [1.29, 1.82) is 0 Å². The first-order valence-corrected chi connectivity index (χ1v) is 6.68. The SMILES string of the molecule is CC(C)(C)C(=O)N1CCC(c2ccncc2)CC1. The van der Waals surface area contributed by atoms with Crippen LogP contribution in [0.4, 0.5) is 0 Å². The van der Waals surface area contributed by atoms with E-state index in [1.807, 2.05) is 38.1 Å². The van der Waals surface area contributed by atoms with Gasteiger partial charge in [-0.3, -0.25) is 9.78 Å². The quantitative estimate of drug-likeness (QED) is 0.763. The van der Waals surface area contributed by atoms with Gasteiger partial charge in [0.25, 0.3) is 0 Å². The van der Waals surface area contributed by atoms with Crippen LogP contribution in [0.15, 0.2) is 24.5 Å². The molecule has 0 saturated carbocycles. The predicted octanol–water partition coefficient (Wildman–Crippen LogP) is 2.83. The summed E-state index contributed by atoms with van der Waals surface area (Å²) in [6, 6.07) is 4.18. The number of carbonyl (C=O) groups is 1. The topological polar surface area (TPSA) is 33.2 Å². The van der Waals surface area contributed by atoms with Crippen LogP contribution in [0.5, 0.6) is 0 Å². The molecule has 3 heteroatoms. The van der Waals surface area contributed by atoms with Crippen LogP contribution in [-0.4, -0.2) is 28.9 Å². The zero-order valence-electron chi connectivity index (χ0n) is 11.5. The molecule has 1 aliphatic rings. The summed E-state index contributed by atoms with van der Waals surface area (Å²) in [6.07, 6.45) is 5.82. The third-order valence-corrected chi connectivity index (χ3v) is 3.60. The molecule has 1 aliphatic heterocycles. The number of pyridine rings is 1. The van der Waals surface area contributed by atoms with Crippen LogP contribution in [0.1, 0.15) is 45.1 Å². The van der Waals surface area contributed by atoms with Crippen molar-refractivity contribution < 1.29 is 4.79 Å². The Labute approximate surface area is 109 Å². The molecule has 0 aliphatic carbocycles. The molecule has 0 unspecified atom stereocenters. The van der Waals surface area contributed by atoms with Crippen molar-refractivity contribution in [2.45, 2.75) is 39.5 Å². The molecule has 0 aromatic carbocycles. The minimum absolute atomic E-state index is 0.260. The average molecular weight is 246 g/mol. The molecule has 1 aromatic rings. The Hall–Kier alpha value is -1.38. The Balaban J connectivity index is 1.95. The van der Waals surface area contributed by atoms with Crippen molar-refractivity contribution in [3.63, 3.8) is 0 Å². The Morgan fingerprint density at radius 2 is 1.78 bits per heavy atom. The molecule has 18 heavy (non-hydrogen) atoms. The lowest BCUT2D eigenvalue weighted by atomic mass is 9.88. The van der Waals surface area contributed by atoms with E-state index < -0.39 is 0 Å². The number of likely N-dealkylation sites (tertiary alicyclic amines) is 1. The summed E-state index contributed by atoms with van der Waals surface area (Å²) < 4.78 is 0. The van der Waals surface area contributed by atoms with Gasteiger partial charge in [-0.05, 0) is 36.5 Å². The Bertz CT molecular complexity index is 400. The summed E-state index contributed by atoms with van der Waals surface area (Å²) in [5, 5.41) is 0. The molecule has 98 valence electrons. The molecule has 3 nitrogen and oxygen atoms in total. The molecule has 0 atom stereocenters. The molecule has 1 aromatic heterocycles. The molecule has 0 radical (unpaired) electrons. The lowest BCUT2D eigenvalue weighted by Crippen LogP contribution is -2.43. The maximum atomic E-state index is 12.2. The zero-order valence-corrected chi connectivity index (χ0v) is 11.5. The Morgan fingerprint density at radius 1 is 1.22 bits per heavy atom. The standard InChI is InChI=1S/C15H22N2O/c1-15(2,3)14(18)17-10-6-13(7-11-17)12-4-8-16-9-5-12/h4-5,8-9,13H,6-7,10-11H2,1-3H3. The molecule has 0 bridgehead atoms. The van der Waals surface area contributed by atoms with Crippen LogP contribution in [0.2, 0.25) is 0 Å². The Kier molecular flexibility index (Phi) is 3.69. The van der Waals surface area contributed by atoms with E-state index in [2.05, 4.69) is 17.1 Å². The van der Waals surface area contributed by atoms with Crippen LogP contribution in [0, 0.1) is 5.41 Å².